The maximum absolute atomic E-state index is 13.6. The fourth-order valence-electron chi connectivity index (χ4n) is 4.46. The Labute approximate surface area is 206 Å². The molecule has 186 valence electrons. The molecule has 2 aromatic heterocycles. The number of benzene rings is 1. The first-order chi connectivity index (χ1) is 17.0. The number of rotatable bonds is 8. The quantitative estimate of drug-likeness (QED) is 0.525. The van der Waals surface area contributed by atoms with Gasteiger partial charge in [0, 0.05) is 30.7 Å². The molecule has 1 N–H and O–H groups in total. The Morgan fingerprint density at radius 2 is 1.97 bits per heavy atom. The van der Waals surface area contributed by atoms with Crippen LogP contribution in [0.5, 0.6) is 11.5 Å². The third-order valence-electron chi connectivity index (χ3n) is 6.47. The predicted molar refractivity (Wildman–Crippen MR) is 134 cm³/mol. The van der Waals surface area contributed by atoms with E-state index in [0.717, 1.165) is 55.7 Å². The summed E-state index contributed by atoms with van der Waals surface area (Å²) < 4.78 is 12.6. The van der Waals surface area contributed by atoms with Gasteiger partial charge in [0.2, 0.25) is 11.9 Å². The van der Waals surface area contributed by atoms with Gasteiger partial charge in [-0.25, -0.2) is 9.97 Å². The van der Waals surface area contributed by atoms with Gasteiger partial charge in [-0.05, 0) is 43.9 Å². The fourth-order valence-corrected chi connectivity index (χ4v) is 4.46. The second-order valence-corrected chi connectivity index (χ2v) is 8.74. The molecule has 1 aromatic carbocycles. The number of anilines is 1. The predicted octanol–water partition coefficient (Wildman–Crippen LogP) is 3.87. The van der Waals surface area contributed by atoms with E-state index >= 15 is 0 Å². The minimum Gasteiger partial charge on any atom is -0.493 e. The zero-order valence-corrected chi connectivity index (χ0v) is 20.9. The largest absolute Gasteiger partial charge is 0.493 e. The molecule has 0 spiro atoms. The van der Waals surface area contributed by atoms with E-state index in [2.05, 4.69) is 27.1 Å². The molecule has 2 unspecified atom stereocenters. The van der Waals surface area contributed by atoms with Gasteiger partial charge in [-0.1, -0.05) is 25.8 Å². The monoisotopic (exact) mass is 478 g/mol. The molecule has 1 aliphatic heterocycles. The summed E-state index contributed by atoms with van der Waals surface area (Å²) in [5.74, 6) is 2.64. The molecule has 1 aliphatic rings. The Morgan fingerprint density at radius 3 is 2.69 bits per heavy atom. The summed E-state index contributed by atoms with van der Waals surface area (Å²) in [6.07, 6.45) is 9.88. The molecule has 9 nitrogen and oxygen atoms in total. The smallest absolute Gasteiger partial charge is 0.243 e. The van der Waals surface area contributed by atoms with Crippen LogP contribution in [0.25, 0.3) is 5.95 Å². The molecule has 1 amide bonds. The lowest BCUT2D eigenvalue weighted by Crippen LogP contribution is -2.48. The summed E-state index contributed by atoms with van der Waals surface area (Å²) in [6.45, 7) is 4.82. The highest BCUT2D eigenvalue weighted by atomic mass is 16.5. The Balaban J connectivity index is 1.59. The van der Waals surface area contributed by atoms with Crippen LogP contribution in [0.3, 0.4) is 0 Å². The van der Waals surface area contributed by atoms with Crippen LogP contribution >= 0.6 is 0 Å². The Kier molecular flexibility index (Phi) is 7.84. The van der Waals surface area contributed by atoms with E-state index < -0.39 is 0 Å². The van der Waals surface area contributed by atoms with Gasteiger partial charge in [-0.3, -0.25) is 9.36 Å². The van der Waals surface area contributed by atoms with E-state index in [1.165, 1.54) is 0 Å². The number of hydrogen-bond donors (Lipinski definition) is 1. The summed E-state index contributed by atoms with van der Waals surface area (Å²) in [4.78, 5) is 29.4. The minimum atomic E-state index is -0.310. The molecule has 9 heteroatoms. The number of aromatic nitrogens is 4. The summed E-state index contributed by atoms with van der Waals surface area (Å²) in [6, 6.07) is 7.22. The third-order valence-corrected chi connectivity index (χ3v) is 6.47. The number of nitrogens with zero attached hydrogens (tertiary/aromatic N) is 5. The van der Waals surface area contributed by atoms with E-state index in [0.29, 0.717) is 17.4 Å². The van der Waals surface area contributed by atoms with Crippen molar-refractivity contribution in [1.29, 1.82) is 0 Å². The van der Waals surface area contributed by atoms with E-state index in [-0.39, 0.29) is 18.0 Å². The molecule has 0 aliphatic carbocycles. The number of hydrogen-bond acceptors (Lipinski definition) is 7. The van der Waals surface area contributed by atoms with Crippen LogP contribution in [-0.4, -0.2) is 52.2 Å². The zero-order valence-electron chi connectivity index (χ0n) is 20.9. The third kappa shape index (κ3) is 5.55. The molecular formula is C26H34N6O3. The number of amides is 1. The molecule has 3 heterocycles. The Hall–Kier alpha value is -3.62. The molecule has 0 saturated carbocycles. The number of aryl methyl sites for hydroxylation is 1. The fraction of sp³-hybridized carbons (Fsp3) is 0.462. The number of carbonyl (C=O) groups is 1. The van der Waals surface area contributed by atoms with Crippen LogP contribution in [0.4, 0.5) is 5.82 Å². The van der Waals surface area contributed by atoms with Crippen LogP contribution < -0.4 is 19.7 Å². The lowest BCUT2D eigenvalue weighted by atomic mass is 10.1. The first-order valence-electron chi connectivity index (χ1n) is 12.2. The van der Waals surface area contributed by atoms with Gasteiger partial charge in [0.15, 0.2) is 11.5 Å². The maximum atomic E-state index is 13.6. The van der Waals surface area contributed by atoms with Crippen LogP contribution in [0.2, 0.25) is 0 Å². The minimum absolute atomic E-state index is 0.00461. The van der Waals surface area contributed by atoms with Gasteiger partial charge in [0.05, 0.1) is 20.3 Å². The first kappa shape index (κ1) is 24.5. The van der Waals surface area contributed by atoms with Crippen LogP contribution in [-0.2, 0) is 11.2 Å². The molecular weight excluding hydrogens is 444 g/mol. The lowest BCUT2D eigenvalue weighted by Gasteiger charge is -2.31. The number of methoxy groups -OCH3 is 2. The molecule has 0 radical (unpaired) electrons. The number of nitrogens with one attached hydrogen (secondary N) is 1. The average molecular weight is 479 g/mol. The van der Waals surface area contributed by atoms with Gasteiger partial charge >= 0.3 is 0 Å². The standard InChI is InChI=1S/C26H34N6O3/c1-5-20-16-24(30-26(29-20)31-14-12-27-17-31)32-13-8-6-7-9-21(32)25(33)28-18(2)19-10-11-22(34-3)23(15-19)35-4/h10-12,14-18,21H,5-9,13H2,1-4H3,(H,28,33). The van der Waals surface area contributed by atoms with Gasteiger partial charge in [-0.2, -0.15) is 4.98 Å². The van der Waals surface area contributed by atoms with Crippen molar-refractivity contribution in [3.05, 3.63) is 54.2 Å². The average Bonchev–Trinajstić information content (AvgIpc) is 3.32. The molecule has 35 heavy (non-hydrogen) atoms. The van der Waals surface area contributed by atoms with E-state index in [4.69, 9.17) is 14.5 Å². The second-order valence-electron chi connectivity index (χ2n) is 8.74. The first-order valence-corrected chi connectivity index (χ1v) is 12.2. The van der Waals surface area contributed by atoms with Crippen LogP contribution in [0.1, 0.15) is 56.8 Å². The number of ether oxygens (including phenoxy) is 2. The summed E-state index contributed by atoms with van der Waals surface area (Å²) >= 11 is 0. The molecule has 0 bridgehead atoms. The summed E-state index contributed by atoms with van der Waals surface area (Å²) in [5, 5.41) is 3.22. The van der Waals surface area contributed by atoms with Crippen molar-refractivity contribution in [2.45, 2.75) is 58.0 Å². The molecule has 2 atom stereocenters. The van der Waals surface area contributed by atoms with Crippen molar-refractivity contribution in [1.82, 2.24) is 24.8 Å². The van der Waals surface area contributed by atoms with Crippen molar-refractivity contribution < 1.29 is 14.3 Å². The number of carbonyl (C=O) groups excluding carboxylic acids is 1. The van der Waals surface area contributed by atoms with Crippen molar-refractivity contribution >= 4 is 11.7 Å². The number of imidazole rings is 1. The van der Waals surface area contributed by atoms with Crippen LogP contribution in [0.15, 0.2) is 43.0 Å². The zero-order chi connectivity index (χ0) is 24.8. The van der Waals surface area contributed by atoms with Gasteiger partial charge in [0.25, 0.3) is 0 Å². The summed E-state index contributed by atoms with van der Waals surface area (Å²) in [5.41, 5.74) is 1.88. The molecule has 4 rings (SSSR count). The molecule has 1 fully saturated rings. The Morgan fingerprint density at radius 1 is 1.14 bits per heavy atom. The summed E-state index contributed by atoms with van der Waals surface area (Å²) in [7, 11) is 3.22. The van der Waals surface area contributed by atoms with Gasteiger partial charge in [0.1, 0.15) is 18.2 Å². The van der Waals surface area contributed by atoms with Gasteiger partial charge < -0.3 is 19.7 Å². The van der Waals surface area contributed by atoms with E-state index in [1.54, 1.807) is 31.3 Å². The van der Waals surface area contributed by atoms with E-state index in [9.17, 15) is 4.79 Å². The SMILES string of the molecule is CCc1cc(N2CCCCCC2C(=O)NC(C)c2ccc(OC)c(OC)c2)nc(-n2ccnc2)n1. The van der Waals surface area contributed by atoms with Crippen LogP contribution in [0, 0.1) is 0 Å². The topological polar surface area (TPSA) is 94.4 Å². The highest BCUT2D eigenvalue weighted by Gasteiger charge is 2.30. The second kappa shape index (κ2) is 11.2. The van der Waals surface area contributed by atoms with E-state index in [1.807, 2.05) is 37.4 Å². The Bertz CT molecular complexity index is 1130. The molecule has 3 aromatic rings. The van der Waals surface area contributed by atoms with Crippen molar-refractivity contribution in [3.8, 4) is 17.4 Å². The molecule has 1 saturated heterocycles. The highest BCUT2D eigenvalue weighted by molar-refractivity contribution is 5.85. The maximum Gasteiger partial charge on any atom is 0.243 e. The van der Waals surface area contributed by atoms with Crippen molar-refractivity contribution in [2.75, 3.05) is 25.7 Å². The normalized spacial score (nSPS) is 16.9. The highest BCUT2D eigenvalue weighted by Crippen LogP contribution is 2.30. The van der Waals surface area contributed by atoms with Gasteiger partial charge in [-0.15, -0.1) is 0 Å². The van der Waals surface area contributed by atoms with Crippen molar-refractivity contribution in [2.24, 2.45) is 0 Å². The van der Waals surface area contributed by atoms with Crippen molar-refractivity contribution in [3.63, 3.8) is 0 Å². The lowest BCUT2D eigenvalue weighted by molar-refractivity contribution is -0.123.